The first-order valence-corrected chi connectivity index (χ1v) is 12.4. The molecule has 2 N–H and O–H groups in total. The Labute approximate surface area is 201 Å². The van der Waals surface area contributed by atoms with Gasteiger partial charge in [-0.3, -0.25) is 9.97 Å². The molecule has 0 radical (unpaired) electrons. The van der Waals surface area contributed by atoms with E-state index in [0.29, 0.717) is 17.7 Å². The Morgan fingerprint density at radius 3 is 2.15 bits per heavy atom. The van der Waals surface area contributed by atoms with Gasteiger partial charge in [0.05, 0.1) is 17.4 Å². The third kappa shape index (κ3) is 5.46. The van der Waals surface area contributed by atoms with Crippen molar-refractivity contribution in [3.8, 4) is 0 Å². The number of hydrogen-bond acceptors (Lipinski definition) is 4. The molecule has 2 aliphatic carbocycles. The molecule has 2 aromatic heterocycles. The van der Waals surface area contributed by atoms with Gasteiger partial charge in [-0.05, 0) is 61.6 Å². The molecule has 0 bridgehead atoms. The number of aromatic nitrogens is 2. The molecule has 2 aliphatic rings. The first kappa shape index (κ1) is 28.2. The van der Waals surface area contributed by atoms with Crippen LogP contribution >= 0.6 is 0 Å². The van der Waals surface area contributed by atoms with Crippen LogP contribution in [0.1, 0.15) is 125 Å². The molecule has 2 atom stereocenters. The highest BCUT2D eigenvalue weighted by Gasteiger charge is 2.45. The van der Waals surface area contributed by atoms with Gasteiger partial charge in [-0.2, -0.15) is 13.2 Å². The van der Waals surface area contributed by atoms with Crippen LogP contribution in [0.15, 0.2) is 18.3 Å². The zero-order valence-corrected chi connectivity index (χ0v) is 21.4. The van der Waals surface area contributed by atoms with E-state index in [0.717, 1.165) is 48.3 Å². The zero-order valence-electron chi connectivity index (χ0n) is 21.4. The Bertz CT molecular complexity index is 952. The normalized spacial score (nSPS) is 19.3. The van der Waals surface area contributed by atoms with Crippen molar-refractivity contribution in [3.05, 3.63) is 57.7 Å². The monoisotopic (exact) mass is 480 g/mol. The van der Waals surface area contributed by atoms with Gasteiger partial charge >= 0.3 is 6.18 Å². The molecule has 34 heavy (non-hydrogen) atoms. The third-order valence-corrected chi connectivity index (χ3v) is 6.78. The van der Waals surface area contributed by atoms with Crippen molar-refractivity contribution in [2.75, 3.05) is 0 Å². The summed E-state index contributed by atoms with van der Waals surface area (Å²) in [4.78, 5) is 8.76. The van der Waals surface area contributed by atoms with E-state index in [1.165, 1.54) is 12.5 Å². The number of pyridine rings is 2. The molecule has 2 heterocycles. The Balaban J connectivity index is 0.000000970. The fraction of sp³-hybridized carbons (Fsp3) is 0.630. The lowest BCUT2D eigenvalue weighted by Gasteiger charge is -2.47. The molecule has 2 aromatic rings. The van der Waals surface area contributed by atoms with Gasteiger partial charge < -0.3 is 10.2 Å². The summed E-state index contributed by atoms with van der Waals surface area (Å²) < 4.78 is 38.6. The highest BCUT2D eigenvalue weighted by atomic mass is 19.4. The summed E-state index contributed by atoms with van der Waals surface area (Å²) >= 11 is 0. The first-order chi connectivity index (χ1) is 16.0. The van der Waals surface area contributed by atoms with Crippen molar-refractivity contribution < 1.29 is 23.4 Å². The van der Waals surface area contributed by atoms with Crippen LogP contribution in [0.2, 0.25) is 0 Å². The number of rotatable bonds is 3. The topological polar surface area (TPSA) is 66.2 Å². The average Bonchev–Trinajstić information content (AvgIpc) is 2.79. The Morgan fingerprint density at radius 1 is 1.09 bits per heavy atom. The van der Waals surface area contributed by atoms with Gasteiger partial charge in [0.25, 0.3) is 0 Å². The van der Waals surface area contributed by atoms with Gasteiger partial charge in [-0.1, -0.05) is 48.0 Å². The van der Waals surface area contributed by atoms with Crippen molar-refractivity contribution in [1.82, 2.24) is 9.97 Å². The molecule has 7 heteroatoms. The summed E-state index contributed by atoms with van der Waals surface area (Å²) in [6.07, 6.45) is -0.707. The first-order valence-electron chi connectivity index (χ1n) is 12.4. The van der Waals surface area contributed by atoms with Gasteiger partial charge in [0.2, 0.25) is 0 Å². The van der Waals surface area contributed by atoms with Crippen LogP contribution in [0.4, 0.5) is 13.2 Å². The molecular formula is C27H39F3N2O2. The summed E-state index contributed by atoms with van der Waals surface area (Å²) in [6.45, 7) is 13.8. The number of aliphatic hydroxyl groups is 2. The Hall–Kier alpha value is -1.99. The zero-order chi connectivity index (χ0) is 25.8. The highest BCUT2D eigenvalue weighted by Crippen LogP contribution is 2.54. The van der Waals surface area contributed by atoms with Gasteiger partial charge in [0.1, 0.15) is 6.10 Å². The second-order valence-corrected chi connectivity index (χ2v) is 9.17. The molecular weight excluding hydrogens is 441 g/mol. The summed E-state index contributed by atoms with van der Waals surface area (Å²) in [5, 5.41) is 22.0. The standard InChI is InChI=1S/C23H27F3N2O2.2C2H6/c1-12(2)20-19(21(30)15-6-5-14(11-27-15)23(24,25)26)13(3)18-16(28-20)9-22(7-4-8-22)10-17(18)29;2*1-2/h5-6,11-12,17,21,29-30H,4,7-10H2,1-3H3;2*1-2H3. The summed E-state index contributed by atoms with van der Waals surface area (Å²) in [5.74, 6) is 0.00417. The molecule has 0 aliphatic heterocycles. The number of nitrogens with zero attached hydrogens (tertiary/aromatic N) is 2. The minimum Gasteiger partial charge on any atom is -0.388 e. The van der Waals surface area contributed by atoms with E-state index in [9.17, 15) is 23.4 Å². The van der Waals surface area contributed by atoms with Crippen LogP contribution in [0.25, 0.3) is 0 Å². The summed E-state index contributed by atoms with van der Waals surface area (Å²) in [5.41, 5.74) is 3.08. The molecule has 2 unspecified atom stereocenters. The van der Waals surface area contributed by atoms with Crippen LogP contribution in [0.5, 0.6) is 0 Å². The van der Waals surface area contributed by atoms with Gasteiger partial charge in [-0.25, -0.2) is 0 Å². The van der Waals surface area contributed by atoms with Crippen molar-refractivity contribution >= 4 is 0 Å². The summed E-state index contributed by atoms with van der Waals surface area (Å²) in [7, 11) is 0. The van der Waals surface area contributed by atoms with E-state index in [1.54, 1.807) is 0 Å². The number of hydrogen-bond donors (Lipinski definition) is 2. The molecule has 1 spiro atoms. The predicted octanol–water partition coefficient (Wildman–Crippen LogP) is 7.21. The third-order valence-electron chi connectivity index (χ3n) is 6.78. The molecule has 0 aromatic carbocycles. The lowest BCUT2D eigenvalue weighted by molar-refractivity contribution is -0.137. The van der Waals surface area contributed by atoms with E-state index in [4.69, 9.17) is 4.98 Å². The maximum absolute atomic E-state index is 12.9. The maximum atomic E-state index is 12.9. The van der Waals surface area contributed by atoms with Crippen LogP contribution in [0.3, 0.4) is 0 Å². The second kappa shape index (κ2) is 11.2. The molecule has 0 saturated heterocycles. The number of alkyl halides is 3. The lowest BCUT2D eigenvalue weighted by atomic mass is 9.59. The van der Waals surface area contributed by atoms with E-state index >= 15 is 0 Å². The van der Waals surface area contributed by atoms with Crippen molar-refractivity contribution in [2.24, 2.45) is 5.41 Å². The fourth-order valence-corrected chi connectivity index (χ4v) is 5.06. The predicted molar refractivity (Wildman–Crippen MR) is 129 cm³/mol. The second-order valence-electron chi connectivity index (χ2n) is 9.17. The van der Waals surface area contributed by atoms with Crippen LogP contribution in [0, 0.1) is 12.3 Å². The molecule has 0 amide bonds. The van der Waals surface area contributed by atoms with Crippen molar-refractivity contribution in [2.45, 2.75) is 105 Å². The van der Waals surface area contributed by atoms with E-state index < -0.39 is 23.9 Å². The molecule has 4 nitrogen and oxygen atoms in total. The lowest BCUT2D eigenvalue weighted by Crippen LogP contribution is -2.38. The Kier molecular flexibility index (Phi) is 9.28. The molecule has 1 fully saturated rings. The molecule has 4 rings (SSSR count). The van der Waals surface area contributed by atoms with Gasteiger partial charge in [0, 0.05) is 28.7 Å². The van der Waals surface area contributed by atoms with Crippen LogP contribution in [-0.2, 0) is 12.6 Å². The largest absolute Gasteiger partial charge is 0.417 e. The number of fused-ring (bicyclic) bond motifs is 1. The minimum atomic E-state index is -4.48. The maximum Gasteiger partial charge on any atom is 0.417 e. The van der Waals surface area contributed by atoms with Gasteiger partial charge in [-0.15, -0.1) is 0 Å². The van der Waals surface area contributed by atoms with Crippen molar-refractivity contribution in [3.63, 3.8) is 0 Å². The SMILES string of the molecule is CC.CC.Cc1c2c(nc(C(C)C)c1C(O)c1ccc(C(F)(F)F)cn1)CC1(CCC1)CC2O. The van der Waals surface area contributed by atoms with Gasteiger partial charge in [0.15, 0.2) is 0 Å². The smallest absolute Gasteiger partial charge is 0.388 e. The van der Waals surface area contributed by atoms with E-state index in [-0.39, 0.29) is 17.0 Å². The minimum absolute atomic E-state index is 0.00417. The number of aliphatic hydroxyl groups excluding tert-OH is 2. The fourth-order valence-electron chi connectivity index (χ4n) is 5.06. The summed E-state index contributed by atoms with van der Waals surface area (Å²) in [6, 6.07) is 2.13. The van der Waals surface area contributed by atoms with Crippen LogP contribution < -0.4 is 0 Å². The number of halogens is 3. The average molecular weight is 481 g/mol. The van der Waals surface area contributed by atoms with E-state index in [2.05, 4.69) is 4.98 Å². The van der Waals surface area contributed by atoms with E-state index in [1.807, 2.05) is 48.5 Å². The molecule has 190 valence electrons. The molecule has 1 saturated carbocycles. The van der Waals surface area contributed by atoms with Crippen LogP contribution in [-0.4, -0.2) is 20.2 Å². The Morgan fingerprint density at radius 2 is 1.71 bits per heavy atom. The quantitative estimate of drug-likeness (QED) is 0.487. The van der Waals surface area contributed by atoms with Crippen molar-refractivity contribution in [1.29, 1.82) is 0 Å². The highest BCUT2D eigenvalue weighted by molar-refractivity contribution is 5.47.